The van der Waals surface area contributed by atoms with Gasteiger partial charge in [-0.3, -0.25) is 24.1 Å². The highest BCUT2D eigenvalue weighted by molar-refractivity contribution is 7.98. The highest BCUT2D eigenvalue weighted by Crippen LogP contribution is 2.37. The third kappa shape index (κ3) is 6.35. The third-order valence-electron chi connectivity index (χ3n) is 9.36. The molecule has 1 aliphatic rings. The molecule has 54 heavy (non-hydrogen) atoms. The summed E-state index contributed by atoms with van der Waals surface area (Å²) in [4.78, 5) is 59.0. The molecule has 2 aromatic heterocycles. The normalized spacial score (nSPS) is 12.3. The summed E-state index contributed by atoms with van der Waals surface area (Å²) in [5.41, 5.74) is 7.34. The zero-order chi connectivity index (χ0) is 37.3. The molecule has 2 N–H and O–H groups in total. The average molecular weight is 732 g/mol. The van der Waals surface area contributed by atoms with Crippen molar-refractivity contribution in [3.8, 4) is 39.3 Å². The molecule has 3 amide bonds. The fourth-order valence-electron chi connectivity index (χ4n) is 6.70. The predicted molar refractivity (Wildman–Crippen MR) is 210 cm³/mol. The molecule has 8 rings (SSSR count). The van der Waals surface area contributed by atoms with Crippen LogP contribution in [-0.2, 0) is 10.5 Å². The topological polar surface area (TPSA) is 126 Å². The lowest BCUT2D eigenvalue weighted by molar-refractivity contribution is -0.116. The van der Waals surface area contributed by atoms with E-state index in [0.29, 0.717) is 44.5 Å². The second kappa shape index (κ2) is 14.4. The maximum absolute atomic E-state index is 14.5. The monoisotopic (exact) mass is 731 g/mol. The molecule has 0 unspecified atom stereocenters. The van der Waals surface area contributed by atoms with Crippen molar-refractivity contribution in [2.24, 2.45) is 0 Å². The van der Waals surface area contributed by atoms with Gasteiger partial charge in [0.25, 0.3) is 17.4 Å². The number of hydrogen-bond donors (Lipinski definition) is 2. The molecular formula is C43H33N5O5S. The van der Waals surface area contributed by atoms with E-state index >= 15 is 0 Å². The Labute approximate surface area is 314 Å². The molecule has 5 aromatic carbocycles. The van der Waals surface area contributed by atoms with Crippen molar-refractivity contribution >= 4 is 40.8 Å². The van der Waals surface area contributed by atoms with E-state index in [4.69, 9.17) is 9.84 Å². The van der Waals surface area contributed by atoms with Gasteiger partial charge in [-0.15, -0.1) is 11.8 Å². The molecule has 0 spiro atoms. The van der Waals surface area contributed by atoms with Crippen molar-refractivity contribution in [3.63, 3.8) is 0 Å². The lowest BCUT2D eigenvalue weighted by Crippen LogP contribution is -2.37. The van der Waals surface area contributed by atoms with Crippen LogP contribution >= 0.6 is 11.8 Å². The van der Waals surface area contributed by atoms with Crippen molar-refractivity contribution in [1.29, 1.82) is 0 Å². The maximum Gasteiger partial charge on any atom is 0.282 e. The standard InChI is InChI=1S/C43H33N5O5S/c1-26-37(43(52)48-40(44-26)38(28-11-5-3-6-12-28)39(46-48)29-13-7-4-8-14-29)30-19-22-34(35(23-30)54-25-27-17-20-31(53-2)21-18-27)45-36(49)24-47-41(50)32-15-9-10-16-33(32)42(47)51/h3-23,44H,24-25H2,1-2H3,(H,45,49). The first-order chi connectivity index (χ1) is 26.3. The summed E-state index contributed by atoms with van der Waals surface area (Å²) < 4.78 is 6.74. The molecule has 7 aromatic rings. The van der Waals surface area contributed by atoms with E-state index in [-0.39, 0.29) is 16.7 Å². The minimum absolute atomic E-state index is 0.275. The minimum Gasteiger partial charge on any atom is -0.497 e. The number of nitrogens with zero attached hydrogens (tertiary/aromatic N) is 3. The number of fused-ring (bicyclic) bond motifs is 2. The lowest BCUT2D eigenvalue weighted by Gasteiger charge is -2.17. The number of benzene rings is 5. The minimum atomic E-state index is -0.530. The van der Waals surface area contributed by atoms with Crippen molar-refractivity contribution in [1.82, 2.24) is 19.5 Å². The molecule has 1 aliphatic heterocycles. The third-order valence-corrected chi connectivity index (χ3v) is 10.5. The second-order valence-electron chi connectivity index (χ2n) is 12.8. The first-order valence-electron chi connectivity index (χ1n) is 17.2. The van der Waals surface area contributed by atoms with Crippen LogP contribution in [0.3, 0.4) is 0 Å². The Morgan fingerprint density at radius 1 is 0.759 bits per heavy atom. The number of hydrogen-bond acceptors (Lipinski definition) is 7. The van der Waals surface area contributed by atoms with Gasteiger partial charge in [-0.2, -0.15) is 9.61 Å². The number of nitrogens with one attached hydrogen (secondary N) is 2. The number of aromatic nitrogens is 3. The summed E-state index contributed by atoms with van der Waals surface area (Å²) in [6, 6.07) is 39.2. The van der Waals surface area contributed by atoms with E-state index in [0.717, 1.165) is 32.9 Å². The Bertz CT molecular complexity index is 2600. The molecule has 266 valence electrons. The number of methoxy groups -OCH3 is 1. The first kappa shape index (κ1) is 34.4. The van der Waals surface area contributed by atoms with E-state index in [1.807, 2.05) is 97.9 Å². The summed E-state index contributed by atoms with van der Waals surface area (Å²) in [6.07, 6.45) is 0. The number of rotatable bonds is 10. The Kier molecular flexibility index (Phi) is 9.14. The van der Waals surface area contributed by atoms with Crippen LogP contribution in [0.5, 0.6) is 5.75 Å². The summed E-state index contributed by atoms with van der Waals surface area (Å²) in [5.74, 6) is -0.267. The molecule has 0 saturated heterocycles. The van der Waals surface area contributed by atoms with Gasteiger partial charge in [0.1, 0.15) is 23.6 Å². The number of imide groups is 1. The van der Waals surface area contributed by atoms with Crippen molar-refractivity contribution in [3.05, 3.63) is 160 Å². The number of aromatic amines is 1. The van der Waals surface area contributed by atoms with Crippen LogP contribution in [0, 0.1) is 6.92 Å². The second-order valence-corrected chi connectivity index (χ2v) is 13.8. The molecule has 0 bridgehead atoms. The maximum atomic E-state index is 14.5. The smallest absolute Gasteiger partial charge is 0.282 e. The SMILES string of the molecule is COc1ccc(CSc2cc(-c3c(C)[nH]c4c(-c5ccccc5)c(-c5ccccc5)nn4c3=O)ccc2NC(=O)CN2C(=O)c3ccccc3C2=O)cc1. The van der Waals surface area contributed by atoms with Gasteiger partial charge in [0.2, 0.25) is 5.91 Å². The van der Waals surface area contributed by atoms with Crippen LogP contribution < -0.4 is 15.6 Å². The quantitative estimate of drug-likeness (QED) is 0.108. The molecule has 0 aliphatic carbocycles. The van der Waals surface area contributed by atoms with Gasteiger partial charge in [0.15, 0.2) is 0 Å². The number of carbonyl (C=O) groups excluding carboxylic acids is 3. The Hall–Kier alpha value is -6.72. The number of thioether (sulfide) groups is 1. The molecular weight excluding hydrogens is 699 g/mol. The van der Waals surface area contributed by atoms with E-state index in [2.05, 4.69) is 10.3 Å². The van der Waals surface area contributed by atoms with E-state index < -0.39 is 24.3 Å². The zero-order valence-corrected chi connectivity index (χ0v) is 30.1. The molecule has 0 radical (unpaired) electrons. The van der Waals surface area contributed by atoms with Crippen molar-refractivity contribution in [2.45, 2.75) is 17.6 Å². The molecule has 0 saturated carbocycles. The van der Waals surface area contributed by atoms with Crippen LogP contribution in [0.15, 0.2) is 137 Å². The fourth-order valence-corrected chi connectivity index (χ4v) is 7.70. The number of aryl methyl sites for hydroxylation is 1. The highest BCUT2D eigenvalue weighted by Gasteiger charge is 2.36. The number of H-pyrrole nitrogens is 1. The van der Waals surface area contributed by atoms with E-state index in [9.17, 15) is 19.2 Å². The van der Waals surface area contributed by atoms with Gasteiger partial charge < -0.3 is 15.0 Å². The summed E-state index contributed by atoms with van der Waals surface area (Å²) in [7, 11) is 1.61. The molecule has 3 heterocycles. The van der Waals surface area contributed by atoms with E-state index in [1.165, 1.54) is 16.3 Å². The van der Waals surface area contributed by atoms with Crippen LogP contribution in [0.25, 0.3) is 39.2 Å². The zero-order valence-electron chi connectivity index (χ0n) is 29.3. The largest absolute Gasteiger partial charge is 0.497 e. The predicted octanol–water partition coefficient (Wildman–Crippen LogP) is 7.87. The van der Waals surface area contributed by atoms with Crippen LogP contribution in [0.1, 0.15) is 32.0 Å². The fraction of sp³-hybridized carbons (Fsp3) is 0.0930. The lowest BCUT2D eigenvalue weighted by atomic mass is 10.0. The Morgan fingerprint density at radius 2 is 1.39 bits per heavy atom. The highest BCUT2D eigenvalue weighted by atomic mass is 32.2. The number of anilines is 1. The van der Waals surface area contributed by atoms with E-state index in [1.54, 1.807) is 43.5 Å². The number of ether oxygens (including phenoxy) is 1. The molecule has 0 fully saturated rings. The van der Waals surface area contributed by atoms with Gasteiger partial charge in [-0.1, -0.05) is 91.0 Å². The van der Waals surface area contributed by atoms with Gasteiger partial charge in [0, 0.05) is 21.9 Å². The summed E-state index contributed by atoms with van der Waals surface area (Å²) >= 11 is 1.48. The van der Waals surface area contributed by atoms with Crippen LogP contribution in [-0.4, -0.2) is 50.9 Å². The summed E-state index contributed by atoms with van der Waals surface area (Å²) in [5, 5.41) is 7.79. The number of carbonyl (C=O) groups is 3. The Morgan fingerprint density at radius 3 is 2.04 bits per heavy atom. The van der Waals surface area contributed by atoms with Crippen LogP contribution in [0.2, 0.25) is 0 Å². The molecule has 10 nitrogen and oxygen atoms in total. The molecule has 11 heteroatoms. The number of amides is 3. The Balaban J connectivity index is 1.17. The average Bonchev–Trinajstić information content (AvgIpc) is 3.70. The van der Waals surface area contributed by atoms with Crippen LogP contribution in [0.4, 0.5) is 5.69 Å². The van der Waals surface area contributed by atoms with Gasteiger partial charge in [-0.05, 0) is 60.0 Å². The van der Waals surface area contributed by atoms with Gasteiger partial charge in [0.05, 0.1) is 35.1 Å². The summed E-state index contributed by atoms with van der Waals surface area (Å²) in [6.45, 7) is 1.42. The van der Waals surface area contributed by atoms with Crippen molar-refractivity contribution < 1.29 is 19.1 Å². The molecule has 0 atom stereocenters. The van der Waals surface area contributed by atoms with Crippen molar-refractivity contribution in [2.75, 3.05) is 19.0 Å². The first-order valence-corrected chi connectivity index (χ1v) is 18.2. The van der Waals surface area contributed by atoms with Gasteiger partial charge in [-0.25, -0.2) is 0 Å². The van der Waals surface area contributed by atoms with Gasteiger partial charge >= 0.3 is 0 Å².